The van der Waals surface area contributed by atoms with Gasteiger partial charge in [0, 0.05) is 151 Å². The molecule has 39 nitrogen and oxygen atoms in total. The van der Waals surface area contributed by atoms with Gasteiger partial charge >= 0.3 is 77.6 Å². The number of ether oxygens (including phenoxy) is 26. The van der Waals surface area contributed by atoms with Crippen molar-refractivity contribution in [2.24, 2.45) is 29.1 Å². The van der Waals surface area contributed by atoms with Gasteiger partial charge in [-0.1, -0.05) is 80.1 Å². The Morgan fingerprint density at radius 1 is 0.195 bits per heavy atom. The summed E-state index contributed by atoms with van der Waals surface area (Å²) in [5.41, 5.74) is -0.523. The molecule has 1 unspecified atom stereocenters. The van der Waals surface area contributed by atoms with Gasteiger partial charge in [0.1, 0.15) is 19.8 Å². The van der Waals surface area contributed by atoms with Crippen LogP contribution in [0.25, 0.3) is 0 Å². The van der Waals surface area contributed by atoms with Crippen LogP contribution in [0, 0.1) is 29.1 Å². The van der Waals surface area contributed by atoms with Crippen LogP contribution in [0.4, 0.5) is 0 Å². The van der Waals surface area contributed by atoms with Gasteiger partial charge < -0.3 is 123 Å². The van der Waals surface area contributed by atoms with Crippen LogP contribution in [0.2, 0.25) is 0 Å². The van der Waals surface area contributed by atoms with E-state index in [9.17, 15) is 62.3 Å². The first-order chi connectivity index (χ1) is 71.2. The van der Waals surface area contributed by atoms with E-state index in [-0.39, 0.29) is 103 Å². The smallest absolute Gasteiger partial charge is 0.332 e. The maximum atomic E-state index is 11.3. The predicted octanol–water partition coefficient (Wildman–Crippen LogP) is 19.4. The van der Waals surface area contributed by atoms with Crippen molar-refractivity contribution in [3.63, 3.8) is 0 Å². The van der Waals surface area contributed by atoms with Gasteiger partial charge in [0.05, 0.1) is 154 Å². The van der Waals surface area contributed by atoms with Gasteiger partial charge in [0.25, 0.3) is 0 Å². The largest absolute Gasteiger partial charge is 0.469 e. The number of esters is 13. The lowest BCUT2D eigenvalue weighted by Crippen LogP contribution is -2.30. The van der Waals surface area contributed by atoms with Gasteiger partial charge in [-0.25, -0.2) is 14.4 Å². The van der Waals surface area contributed by atoms with Crippen LogP contribution in [-0.4, -0.2) is 339 Å². The molecule has 0 aliphatic carbocycles. The zero-order chi connectivity index (χ0) is 116. The van der Waals surface area contributed by atoms with Crippen molar-refractivity contribution >= 4 is 77.6 Å². The topological polar surface area (TPSA) is 462 Å². The molecule has 0 bridgehead atoms. The van der Waals surface area contributed by atoms with E-state index in [0.29, 0.717) is 201 Å². The normalized spacial score (nSPS) is 10.2. The highest BCUT2D eigenvalue weighted by Crippen LogP contribution is 2.17. The zero-order valence-corrected chi connectivity index (χ0v) is 99.7. The third-order valence-electron chi connectivity index (χ3n) is 18.2. The Morgan fingerprint density at radius 3 is 0.718 bits per heavy atom. The Morgan fingerprint density at radius 2 is 0.423 bits per heavy atom. The van der Waals surface area contributed by atoms with Crippen LogP contribution in [0.5, 0.6) is 0 Å². The summed E-state index contributed by atoms with van der Waals surface area (Å²) in [6.45, 7) is 64.3. The molecular formula is C110H220O39. The van der Waals surface area contributed by atoms with Gasteiger partial charge in [-0.3, -0.25) is 47.9 Å². The summed E-state index contributed by atoms with van der Waals surface area (Å²) in [4.78, 5) is 139. The van der Waals surface area contributed by atoms with Gasteiger partial charge in [-0.2, -0.15) is 0 Å². The van der Waals surface area contributed by atoms with E-state index >= 15 is 0 Å². The van der Waals surface area contributed by atoms with Gasteiger partial charge in [-0.05, 0) is 239 Å². The summed E-state index contributed by atoms with van der Waals surface area (Å²) in [5.74, 6) is -0.562. The first-order valence-corrected chi connectivity index (χ1v) is 54.1. The summed E-state index contributed by atoms with van der Waals surface area (Å²) >= 11 is 0. The molecule has 0 aliphatic rings. The zero-order valence-electron chi connectivity index (χ0n) is 99.7. The number of carbonyl (C=O) groups is 13. The molecule has 0 saturated heterocycles. The number of unbranched alkanes of at least 4 members (excludes halogenated alkanes) is 10. The maximum absolute atomic E-state index is 11.3. The van der Waals surface area contributed by atoms with Crippen molar-refractivity contribution in [3.05, 3.63) is 0 Å². The molecular weight excluding hydrogens is 1950 g/mol. The molecule has 0 spiro atoms. The Hall–Kier alpha value is -7.41. The summed E-state index contributed by atoms with van der Waals surface area (Å²) in [5, 5.41) is 0. The van der Waals surface area contributed by atoms with E-state index in [1.165, 1.54) is 76.1 Å². The number of rotatable bonds is 78. The van der Waals surface area contributed by atoms with Gasteiger partial charge in [-0.15, -0.1) is 0 Å². The Bertz CT molecular complexity index is 2790. The fraction of sp³-hybridized carbons (Fsp3) is 0.882. The second kappa shape index (κ2) is 149. The van der Waals surface area contributed by atoms with Gasteiger partial charge in [0.15, 0.2) is 0 Å². The van der Waals surface area contributed by atoms with Crippen LogP contribution in [0.15, 0.2) is 0 Å². The highest BCUT2D eigenvalue weighted by Gasteiger charge is 2.28. The molecule has 0 rings (SSSR count). The van der Waals surface area contributed by atoms with Crippen LogP contribution >= 0.6 is 0 Å². The molecule has 1 atom stereocenters. The lowest BCUT2D eigenvalue weighted by Gasteiger charge is -2.20. The van der Waals surface area contributed by atoms with Crippen molar-refractivity contribution in [1.82, 2.24) is 0 Å². The summed E-state index contributed by atoms with van der Waals surface area (Å²) < 4.78 is 125. The molecule has 0 saturated carbocycles. The van der Waals surface area contributed by atoms with Crippen molar-refractivity contribution in [1.29, 1.82) is 0 Å². The molecule has 0 radical (unpaired) electrons. The Labute approximate surface area is 902 Å². The number of hydrogen-bond acceptors (Lipinski definition) is 39. The minimum Gasteiger partial charge on any atom is -0.469 e. The molecule has 39 heteroatoms. The second-order valence-electron chi connectivity index (χ2n) is 33.2. The van der Waals surface area contributed by atoms with Gasteiger partial charge in [0.2, 0.25) is 0 Å². The molecule has 0 heterocycles. The lowest BCUT2D eigenvalue weighted by atomic mass is 9.95. The first-order valence-electron chi connectivity index (χ1n) is 54.1. The quantitative estimate of drug-likeness (QED) is 0.0310. The predicted molar refractivity (Wildman–Crippen MR) is 578 cm³/mol. The molecule has 894 valence electrons. The van der Waals surface area contributed by atoms with Crippen molar-refractivity contribution in [2.75, 3.05) is 262 Å². The molecule has 0 N–H and O–H groups in total. The first kappa shape index (κ1) is 169. The number of carbonyl (C=O) groups excluding carboxylic acids is 13. The SMILES string of the molecule is CCOCC(=O)OC.CCOCC(=O)OCC.CCOCC(=O)OCCCC(C)C.CCOCC(C)(C)C(=O)OC.CCOCC(C)C(=O)OC.CCOCCC(=O)OC.CCOCCC(=O)OCC.CCOCCC(=O)OCCCC(C)C.CCOCCCC(=O)OC.CCOCCCCC(=O)OC.CCOCCCCC(=O)OCCCC(C)C.CCOCCCCCCC(=O)OC.CCOCCCCCCCCC(=O)OC. The van der Waals surface area contributed by atoms with E-state index < -0.39 is 5.41 Å². The summed E-state index contributed by atoms with van der Waals surface area (Å²) in [7, 11) is 11.1. The molecule has 0 aromatic carbocycles. The van der Waals surface area contributed by atoms with E-state index in [1.54, 1.807) is 34.6 Å². The Balaban J connectivity index is -0.000000123. The Kier molecular flexibility index (Phi) is 169. The number of methoxy groups -OCH3 is 8. The molecule has 0 aliphatic heterocycles. The van der Waals surface area contributed by atoms with Crippen molar-refractivity contribution < 1.29 is 185 Å². The van der Waals surface area contributed by atoms with E-state index in [1.807, 2.05) is 90.0 Å². The van der Waals surface area contributed by atoms with E-state index in [0.717, 1.165) is 168 Å². The molecule has 0 aromatic rings. The molecule has 0 aromatic heterocycles. The summed E-state index contributed by atoms with van der Waals surface area (Å²) in [6, 6.07) is 0. The van der Waals surface area contributed by atoms with Crippen molar-refractivity contribution in [3.8, 4) is 0 Å². The molecule has 0 fully saturated rings. The second-order valence-corrected chi connectivity index (χ2v) is 33.2. The van der Waals surface area contributed by atoms with E-state index in [4.69, 9.17) is 75.8 Å². The lowest BCUT2D eigenvalue weighted by molar-refractivity contribution is -0.154. The highest BCUT2D eigenvalue weighted by atomic mass is 16.6. The van der Waals surface area contributed by atoms with Crippen molar-refractivity contribution in [2.45, 2.75) is 352 Å². The fourth-order valence-electron chi connectivity index (χ4n) is 9.93. The van der Waals surface area contributed by atoms with E-state index in [2.05, 4.69) is 88.9 Å². The van der Waals surface area contributed by atoms with Crippen LogP contribution < -0.4 is 0 Å². The average Bonchev–Trinajstić information content (AvgIpc) is 0.893. The number of hydrogen-bond donors (Lipinski definition) is 0. The minimum atomic E-state index is -0.523. The average molecular weight is 2170 g/mol. The monoisotopic (exact) mass is 2170 g/mol. The maximum Gasteiger partial charge on any atom is 0.332 e. The highest BCUT2D eigenvalue weighted by molar-refractivity contribution is 5.76. The third-order valence-corrected chi connectivity index (χ3v) is 18.2. The molecule has 0 amide bonds. The fourth-order valence-corrected chi connectivity index (χ4v) is 9.93. The minimum absolute atomic E-state index is 0.0625. The summed E-state index contributed by atoms with van der Waals surface area (Å²) in [6.07, 6.45) is 25.4. The molecule has 149 heavy (non-hydrogen) atoms. The van der Waals surface area contributed by atoms with Crippen LogP contribution in [-0.2, 0) is 185 Å². The van der Waals surface area contributed by atoms with Crippen LogP contribution in [0.3, 0.4) is 0 Å². The van der Waals surface area contributed by atoms with Crippen LogP contribution in [0.1, 0.15) is 352 Å². The third kappa shape index (κ3) is 183. The standard InChI is InChI=1S/C13H26O3.C12H24O3.C11H22O3.2C10H20O3.2C8H16O3.3C7H14O3.2C6H12O3.C5H10O3/c1-4-15-10-6-5-9-13(14)16-11-7-8-12(2)3;1-3-15-11-9-7-5-4-6-8-10-12(13)14-2;1-4-13-9-7-11(12)14-8-5-6-10(2)3;1-4-12-8-10(11)13-7-5-6-9(2)3;1-3-13-9-7-5-4-6-8-10(11)12-2;1-5-11-6-8(2,3)7(9)10-4;1-3-11-7-5-4-6-8(9)10-2;1-4-10-5-6(2)7(8)9-3;1-3-10-6-4-5-7(8)9-2;1-3-9-6-5-7(8)10-4-2;1-3-9-5-4-6(7)8-2;1-3-8-5-6(7)9-4-2;1-3-8-4-5(6)7-2/h12H,4-11H2,1-3H3;3-11H2,1-2H3;10H,4-9H2,1-3H3;9H,4-8H2,1-3H3;3-9H2,1-2H3;5-6H2,1-4H3;3-7H2,1-2H3;6H,4-5H2,1-3H3;2*3-6H2,1-2H3;2*3-5H2,1-2H3;3-4H2,1-2H3.